The molecule has 148 valence electrons. The minimum absolute atomic E-state index is 0.0270. The Labute approximate surface area is 158 Å². The molecule has 2 aromatic rings. The minimum Gasteiger partial charge on any atom is -0.486 e. The lowest BCUT2D eigenvalue weighted by molar-refractivity contribution is -0.274. The summed E-state index contributed by atoms with van der Waals surface area (Å²) in [6.07, 6.45) is -4.88. The lowest BCUT2D eigenvalue weighted by Gasteiger charge is -2.18. The number of carbonyl (C=O) groups is 2. The Hall–Kier alpha value is -3.23. The fourth-order valence-corrected chi connectivity index (χ4v) is 2.55. The number of nitrogens with one attached hydrogen (secondary N) is 1. The van der Waals surface area contributed by atoms with Gasteiger partial charge in [0, 0.05) is 24.1 Å². The van der Waals surface area contributed by atoms with Crippen molar-refractivity contribution in [1.82, 2.24) is 0 Å². The summed E-state index contributed by atoms with van der Waals surface area (Å²) in [4.78, 5) is 24.2. The fraction of sp³-hybridized carbons (Fsp3) is 0.263. The van der Waals surface area contributed by atoms with E-state index in [1.54, 1.807) is 18.2 Å². The molecule has 0 unspecified atom stereocenters. The van der Waals surface area contributed by atoms with Crippen LogP contribution in [0, 0.1) is 0 Å². The second kappa shape index (κ2) is 8.20. The molecule has 1 aliphatic rings. The molecule has 1 N–H and O–H groups in total. The van der Waals surface area contributed by atoms with Crippen LogP contribution in [0.5, 0.6) is 17.2 Å². The Morgan fingerprint density at radius 2 is 1.64 bits per heavy atom. The first-order chi connectivity index (χ1) is 13.3. The summed E-state index contributed by atoms with van der Waals surface area (Å²) < 4.78 is 50.9. The van der Waals surface area contributed by atoms with Gasteiger partial charge in [-0.1, -0.05) is 0 Å². The molecule has 0 aliphatic carbocycles. The van der Waals surface area contributed by atoms with Gasteiger partial charge in [0.25, 0.3) is 0 Å². The average Bonchev–Trinajstić information content (AvgIpc) is 2.66. The molecule has 0 bridgehead atoms. The van der Waals surface area contributed by atoms with Crippen LogP contribution in [0.3, 0.4) is 0 Å². The van der Waals surface area contributed by atoms with E-state index in [1.165, 1.54) is 12.1 Å². The van der Waals surface area contributed by atoms with E-state index in [9.17, 15) is 22.8 Å². The van der Waals surface area contributed by atoms with Crippen LogP contribution in [-0.4, -0.2) is 31.3 Å². The number of hydrogen-bond acceptors (Lipinski definition) is 5. The first-order valence-electron chi connectivity index (χ1n) is 8.39. The number of hydrogen-bond donors (Lipinski definition) is 1. The molecular formula is C19H16F3NO5. The van der Waals surface area contributed by atoms with Crippen molar-refractivity contribution in [2.45, 2.75) is 19.2 Å². The van der Waals surface area contributed by atoms with Gasteiger partial charge in [0.1, 0.15) is 19.0 Å². The largest absolute Gasteiger partial charge is 0.573 e. The van der Waals surface area contributed by atoms with E-state index in [0.29, 0.717) is 36.0 Å². The first kappa shape index (κ1) is 19.5. The maximum absolute atomic E-state index is 12.3. The fourth-order valence-electron chi connectivity index (χ4n) is 2.55. The summed E-state index contributed by atoms with van der Waals surface area (Å²) in [5, 5.41) is 2.52. The highest BCUT2D eigenvalue weighted by molar-refractivity contribution is 6.00. The van der Waals surface area contributed by atoms with Gasteiger partial charge in [-0.15, -0.1) is 13.2 Å². The molecule has 0 saturated heterocycles. The van der Waals surface area contributed by atoms with Crippen LogP contribution in [0.4, 0.5) is 18.9 Å². The predicted molar refractivity (Wildman–Crippen MR) is 92.8 cm³/mol. The van der Waals surface area contributed by atoms with Gasteiger partial charge in [-0.25, -0.2) is 0 Å². The smallest absolute Gasteiger partial charge is 0.486 e. The summed E-state index contributed by atoms with van der Waals surface area (Å²) in [6, 6.07) is 9.56. The number of alkyl halides is 3. The lowest BCUT2D eigenvalue weighted by Crippen LogP contribution is -2.17. The molecule has 1 amide bonds. The average molecular weight is 395 g/mol. The topological polar surface area (TPSA) is 73.9 Å². The Balaban J connectivity index is 1.50. The summed E-state index contributed by atoms with van der Waals surface area (Å²) in [5.41, 5.74) is 0.706. The van der Waals surface area contributed by atoms with Gasteiger partial charge < -0.3 is 19.5 Å². The SMILES string of the molecule is O=C(CCC(=O)c1ccc2c(c1)OCCO2)Nc1ccc(OC(F)(F)F)cc1. The molecule has 1 heterocycles. The van der Waals surface area contributed by atoms with E-state index >= 15 is 0 Å². The monoisotopic (exact) mass is 395 g/mol. The molecule has 0 spiro atoms. The summed E-state index contributed by atoms with van der Waals surface area (Å²) in [6.45, 7) is 0.851. The number of halogens is 3. The molecule has 0 aromatic heterocycles. The molecule has 2 aromatic carbocycles. The Morgan fingerprint density at radius 1 is 0.964 bits per heavy atom. The van der Waals surface area contributed by atoms with E-state index in [4.69, 9.17) is 9.47 Å². The Morgan fingerprint density at radius 3 is 2.32 bits per heavy atom. The molecule has 28 heavy (non-hydrogen) atoms. The maximum Gasteiger partial charge on any atom is 0.573 e. The van der Waals surface area contributed by atoms with Crippen molar-refractivity contribution in [3.8, 4) is 17.2 Å². The van der Waals surface area contributed by atoms with Gasteiger partial charge in [-0.05, 0) is 42.5 Å². The van der Waals surface area contributed by atoms with E-state index < -0.39 is 12.3 Å². The number of rotatable bonds is 6. The molecule has 0 radical (unpaired) electrons. The number of amides is 1. The Kier molecular flexibility index (Phi) is 5.72. The molecule has 3 rings (SSSR count). The van der Waals surface area contributed by atoms with Gasteiger partial charge >= 0.3 is 6.36 Å². The molecule has 0 fully saturated rings. The van der Waals surface area contributed by atoms with Crippen LogP contribution in [0.2, 0.25) is 0 Å². The zero-order valence-electron chi connectivity index (χ0n) is 14.5. The van der Waals surface area contributed by atoms with Crippen molar-refractivity contribution in [1.29, 1.82) is 0 Å². The van der Waals surface area contributed by atoms with Crippen LogP contribution in [0.15, 0.2) is 42.5 Å². The van der Waals surface area contributed by atoms with Crippen LogP contribution >= 0.6 is 0 Å². The van der Waals surface area contributed by atoms with E-state index in [2.05, 4.69) is 10.1 Å². The summed E-state index contributed by atoms with van der Waals surface area (Å²) in [7, 11) is 0. The predicted octanol–water partition coefficient (Wildman–Crippen LogP) is 3.96. The standard InChI is InChI=1S/C19H16F3NO5/c20-19(21,22)28-14-4-2-13(3-5-14)23-18(25)8-6-15(24)12-1-7-16-17(11-12)27-10-9-26-16/h1-5,7,11H,6,8-10H2,(H,23,25). The molecular weight excluding hydrogens is 379 g/mol. The number of benzene rings is 2. The minimum atomic E-state index is -4.78. The van der Waals surface area contributed by atoms with Crippen molar-refractivity contribution in [3.05, 3.63) is 48.0 Å². The first-order valence-corrected chi connectivity index (χ1v) is 8.39. The third kappa shape index (κ3) is 5.38. The van der Waals surface area contributed by atoms with Crippen LogP contribution < -0.4 is 19.5 Å². The molecule has 0 saturated carbocycles. The number of ether oxygens (including phenoxy) is 3. The van der Waals surface area contributed by atoms with Gasteiger partial charge in [-0.3, -0.25) is 9.59 Å². The highest BCUT2D eigenvalue weighted by atomic mass is 19.4. The van der Waals surface area contributed by atoms with Gasteiger partial charge in [0.2, 0.25) is 5.91 Å². The van der Waals surface area contributed by atoms with Gasteiger partial charge in [0.15, 0.2) is 17.3 Å². The normalized spacial score (nSPS) is 13.0. The zero-order chi connectivity index (χ0) is 20.1. The highest BCUT2D eigenvalue weighted by Gasteiger charge is 2.31. The summed E-state index contributed by atoms with van der Waals surface area (Å²) in [5.74, 6) is -0.00285. The van der Waals surface area contributed by atoms with E-state index in [0.717, 1.165) is 12.1 Å². The number of carbonyl (C=O) groups excluding carboxylic acids is 2. The molecule has 9 heteroatoms. The maximum atomic E-state index is 12.3. The van der Waals surface area contributed by atoms with E-state index in [1.807, 2.05) is 0 Å². The third-order valence-electron chi connectivity index (χ3n) is 3.81. The molecule has 0 atom stereocenters. The van der Waals surface area contributed by atoms with Crippen molar-refractivity contribution >= 4 is 17.4 Å². The van der Waals surface area contributed by atoms with Crippen LogP contribution in [0.25, 0.3) is 0 Å². The second-order valence-corrected chi connectivity index (χ2v) is 5.90. The van der Waals surface area contributed by atoms with Gasteiger partial charge in [-0.2, -0.15) is 0 Å². The quantitative estimate of drug-likeness (QED) is 0.750. The third-order valence-corrected chi connectivity index (χ3v) is 3.81. The molecule has 6 nitrogen and oxygen atoms in total. The van der Waals surface area contributed by atoms with Crippen molar-refractivity contribution < 1.29 is 37.0 Å². The highest BCUT2D eigenvalue weighted by Crippen LogP contribution is 2.31. The van der Waals surface area contributed by atoms with Crippen molar-refractivity contribution in [2.24, 2.45) is 0 Å². The lowest BCUT2D eigenvalue weighted by atomic mass is 10.1. The zero-order valence-corrected chi connectivity index (χ0v) is 14.5. The number of anilines is 1. The number of ketones is 1. The van der Waals surface area contributed by atoms with Crippen LogP contribution in [-0.2, 0) is 4.79 Å². The van der Waals surface area contributed by atoms with Crippen molar-refractivity contribution in [2.75, 3.05) is 18.5 Å². The second-order valence-electron chi connectivity index (χ2n) is 5.90. The number of Topliss-reactive ketones (excluding diaryl/α,β-unsaturated/α-hetero) is 1. The van der Waals surface area contributed by atoms with Crippen LogP contribution in [0.1, 0.15) is 23.2 Å². The van der Waals surface area contributed by atoms with Crippen molar-refractivity contribution in [3.63, 3.8) is 0 Å². The number of fused-ring (bicyclic) bond motifs is 1. The molecule has 1 aliphatic heterocycles. The van der Waals surface area contributed by atoms with Gasteiger partial charge in [0.05, 0.1) is 0 Å². The van der Waals surface area contributed by atoms with E-state index in [-0.39, 0.29) is 24.4 Å². The summed E-state index contributed by atoms with van der Waals surface area (Å²) >= 11 is 0. The Bertz CT molecular complexity index is 865.